The quantitative estimate of drug-likeness (QED) is 0.740. The maximum absolute atomic E-state index is 5.78. The Morgan fingerprint density at radius 3 is 3.18 bits per heavy atom. The highest BCUT2D eigenvalue weighted by Crippen LogP contribution is 2.31. The van der Waals surface area contributed by atoms with Crippen LogP contribution in [0.4, 0.5) is 0 Å². The zero-order chi connectivity index (χ0) is 7.84. The first-order chi connectivity index (χ1) is 5.33. The summed E-state index contributed by atoms with van der Waals surface area (Å²) in [5.74, 6) is 0. The minimum Gasteiger partial charge on any atom is -0.283 e. The second-order valence-corrected chi connectivity index (χ2v) is 4.08. The molecule has 0 saturated carbocycles. The second-order valence-electron chi connectivity index (χ2n) is 1.84. The van der Waals surface area contributed by atoms with E-state index >= 15 is 0 Å². The van der Waals surface area contributed by atoms with Crippen LogP contribution in [0.25, 0.3) is 4.96 Å². The molecule has 6 heteroatoms. The molecule has 0 spiro atoms. The Labute approximate surface area is 80.6 Å². The van der Waals surface area contributed by atoms with E-state index in [4.69, 9.17) is 22.3 Å². The maximum Gasteiger partial charge on any atom is 0.196 e. The van der Waals surface area contributed by atoms with Gasteiger partial charge >= 0.3 is 0 Å². The summed E-state index contributed by atoms with van der Waals surface area (Å²) in [6, 6.07) is 0. The third kappa shape index (κ3) is 1.14. The number of aromatic nitrogens is 2. The summed E-state index contributed by atoms with van der Waals surface area (Å²) in [4.78, 5) is 4.96. The number of hydrogen-bond donors (Lipinski definition) is 0. The van der Waals surface area contributed by atoms with Gasteiger partial charge in [0.2, 0.25) is 0 Å². The lowest BCUT2D eigenvalue weighted by Gasteiger charge is -1.88. The Kier molecular flexibility index (Phi) is 2.01. The molecule has 0 saturated heterocycles. The van der Waals surface area contributed by atoms with Crippen LogP contribution < -0.4 is 0 Å². The van der Waals surface area contributed by atoms with E-state index in [1.54, 1.807) is 0 Å². The zero-order valence-electron chi connectivity index (χ0n) is 5.12. The van der Waals surface area contributed by atoms with Crippen molar-refractivity contribution < 1.29 is 0 Å². The van der Waals surface area contributed by atoms with Gasteiger partial charge in [0.05, 0.1) is 0 Å². The fraction of sp³-hybridized carbons (Fsp3) is 0. The number of imidazole rings is 1. The molecule has 2 aromatic heterocycles. The molecule has 0 aliphatic heterocycles. The molecular formula is C5H2Cl2N2S2. The average molecular weight is 225 g/mol. The van der Waals surface area contributed by atoms with Crippen LogP contribution in [0, 0.1) is 0 Å². The number of thiazole rings is 1. The van der Waals surface area contributed by atoms with Crippen molar-refractivity contribution in [3.8, 4) is 0 Å². The van der Waals surface area contributed by atoms with Crippen molar-refractivity contribution in [1.82, 2.24) is 9.38 Å². The number of fused-ring (bicyclic) bond motifs is 1. The first-order valence-corrected chi connectivity index (χ1v) is 5.62. The van der Waals surface area contributed by atoms with Gasteiger partial charge in [-0.05, 0) is 10.7 Å². The standard InChI is InChI=1S/C5H2Cl2N2S2/c6-3-4(11-7)9-1-2-10-5(9)8-3/h1-2H. The number of rotatable bonds is 1. The van der Waals surface area contributed by atoms with Gasteiger partial charge in [0.1, 0.15) is 5.03 Å². The summed E-state index contributed by atoms with van der Waals surface area (Å²) in [5.41, 5.74) is 0. The maximum atomic E-state index is 5.78. The van der Waals surface area contributed by atoms with Gasteiger partial charge in [-0.2, -0.15) is 0 Å². The van der Waals surface area contributed by atoms with Crippen molar-refractivity contribution in [2.75, 3.05) is 0 Å². The van der Waals surface area contributed by atoms with Gasteiger partial charge in [-0.3, -0.25) is 4.40 Å². The number of nitrogens with zero attached hydrogens (tertiary/aromatic N) is 2. The fourth-order valence-corrected chi connectivity index (χ4v) is 2.81. The summed E-state index contributed by atoms with van der Waals surface area (Å²) in [7, 11) is 6.67. The van der Waals surface area contributed by atoms with Crippen molar-refractivity contribution in [2.45, 2.75) is 5.03 Å². The third-order valence-corrected chi connectivity index (χ3v) is 3.36. The molecule has 0 atom stereocenters. The van der Waals surface area contributed by atoms with Gasteiger partial charge in [-0.1, -0.05) is 11.6 Å². The van der Waals surface area contributed by atoms with Gasteiger partial charge in [0.15, 0.2) is 10.1 Å². The molecule has 2 nitrogen and oxygen atoms in total. The Hall–Kier alpha value is 0.1000. The normalized spacial score (nSPS) is 11.1. The largest absolute Gasteiger partial charge is 0.283 e. The highest BCUT2D eigenvalue weighted by molar-refractivity contribution is 8.21. The molecule has 2 heterocycles. The van der Waals surface area contributed by atoms with Gasteiger partial charge in [-0.15, -0.1) is 11.3 Å². The molecule has 0 aliphatic rings. The van der Waals surface area contributed by atoms with E-state index in [9.17, 15) is 0 Å². The summed E-state index contributed by atoms with van der Waals surface area (Å²) >= 11 is 7.31. The van der Waals surface area contributed by atoms with Gasteiger partial charge in [0.25, 0.3) is 0 Å². The summed E-state index contributed by atoms with van der Waals surface area (Å²) in [6.07, 6.45) is 1.89. The predicted molar refractivity (Wildman–Crippen MR) is 49.8 cm³/mol. The van der Waals surface area contributed by atoms with Crippen molar-refractivity contribution >= 4 is 49.6 Å². The minimum absolute atomic E-state index is 0.469. The molecule has 2 rings (SSSR count). The lowest BCUT2D eigenvalue weighted by molar-refractivity contribution is 1.08. The average Bonchev–Trinajstić information content (AvgIpc) is 2.46. The van der Waals surface area contributed by atoms with Crippen LogP contribution in [0.3, 0.4) is 0 Å². The van der Waals surface area contributed by atoms with Gasteiger partial charge in [0, 0.05) is 22.6 Å². The third-order valence-electron chi connectivity index (χ3n) is 1.25. The molecular weight excluding hydrogens is 223 g/mol. The number of hydrogen-bond acceptors (Lipinski definition) is 3. The minimum atomic E-state index is 0.469. The van der Waals surface area contributed by atoms with E-state index in [1.165, 1.54) is 11.3 Å². The summed E-state index contributed by atoms with van der Waals surface area (Å²) in [5, 5.41) is 3.19. The van der Waals surface area contributed by atoms with Crippen LogP contribution in [0.5, 0.6) is 0 Å². The van der Waals surface area contributed by atoms with E-state index in [2.05, 4.69) is 4.98 Å². The summed E-state index contributed by atoms with van der Waals surface area (Å²) in [6.45, 7) is 0. The molecule has 0 N–H and O–H groups in total. The molecule has 0 unspecified atom stereocenters. The van der Waals surface area contributed by atoms with Crippen LogP contribution >= 0.6 is 44.6 Å². The van der Waals surface area contributed by atoms with Crippen molar-refractivity contribution in [3.05, 3.63) is 16.7 Å². The van der Waals surface area contributed by atoms with Crippen LogP contribution in [-0.2, 0) is 0 Å². The van der Waals surface area contributed by atoms with E-state index < -0.39 is 0 Å². The topological polar surface area (TPSA) is 17.3 Å². The van der Waals surface area contributed by atoms with Crippen molar-refractivity contribution in [1.29, 1.82) is 0 Å². The van der Waals surface area contributed by atoms with Crippen molar-refractivity contribution in [2.24, 2.45) is 0 Å². The Morgan fingerprint density at radius 2 is 2.45 bits per heavy atom. The molecule has 0 aliphatic carbocycles. The number of halogens is 2. The lowest BCUT2D eigenvalue weighted by atomic mass is 10.9. The molecule has 0 amide bonds. The van der Waals surface area contributed by atoms with E-state index in [-0.39, 0.29) is 0 Å². The molecule has 11 heavy (non-hydrogen) atoms. The molecule has 2 aromatic rings. The van der Waals surface area contributed by atoms with E-state index in [1.807, 2.05) is 16.0 Å². The highest BCUT2D eigenvalue weighted by atomic mass is 35.7. The van der Waals surface area contributed by atoms with E-state index in [0.29, 0.717) is 5.15 Å². The molecule has 0 aromatic carbocycles. The van der Waals surface area contributed by atoms with Crippen LogP contribution in [0.2, 0.25) is 5.15 Å². The van der Waals surface area contributed by atoms with Gasteiger partial charge in [-0.25, -0.2) is 4.98 Å². The highest BCUT2D eigenvalue weighted by Gasteiger charge is 2.09. The lowest BCUT2D eigenvalue weighted by Crippen LogP contribution is -1.75. The molecule has 0 radical (unpaired) electrons. The monoisotopic (exact) mass is 224 g/mol. The van der Waals surface area contributed by atoms with Crippen LogP contribution in [0.1, 0.15) is 0 Å². The van der Waals surface area contributed by atoms with Gasteiger partial charge < -0.3 is 0 Å². The van der Waals surface area contributed by atoms with Crippen molar-refractivity contribution in [3.63, 3.8) is 0 Å². The van der Waals surface area contributed by atoms with Crippen LogP contribution in [0.15, 0.2) is 16.6 Å². The second kappa shape index (κ2) is 2.86. The molecule has 0 bridgehead atoms. The zero-order valence-corrected chi connectivity index (χ0v) is 8.27. The van der Waals surface area contributed by atoms with E-state index in [0.717, 1.165) is 21.0 Å². The fourth-order valence-electron chi connectivity index (χ4n) is 0.808. The summed E-state index contributed by atoms with van der Waals surface area (Å²) < 4.78 is 1.87. The Bertz CT molecular complexity index is 381. The molecule has 58 valence electrons. The Morgan fingerprint density at radius 1 is 1.64 bits per heavy atom. The predicted octanol–water partition coefficient (Wildman–Crippen LogP) is 3.30. The first kappa shape index (κ1) is 7.73. The Balaban J connectivity index is 2.80. The smallest absolute Gasteiger partial charge is 0.196 e. The SMILES string of the molecule is ClSc1c(Cl)nc2sccn12. The first-order valence-electron chi connectivity index (χ1n) is 2.72. The molecule has 0 fully saturated rings. The van der Waals surface area contributed by atoms with Crippen LogP contribution in [-0.4, -0.2) is 9.38 Å².